The number of aliphatic hydroxyl groups excluding tert-OH is 1. The van der Waals surface area contributed by atoms with Crippen LogP contribution in [0.25, 0.3) is 11.3 Å². The maximum Gasteiger partial charge on any atom is 0.270 e. The van der Waals surface area contributed by atoms with Crippen LogP contribution in [-0.4, -0.2) is 85.4 Å². The van der Waals surface area contributed by atoms with Crippen molar-refractivity contribution >= 4 is 16.9 Å². The lowest BCUT2D eigenvalue weighted by molar-refractivity contribution is 0.0932. The normalized spacial score (nSPS) is 19.3. The van der Waals surface area contributed by atoms with Crippen molar-refractivity contribution in [2.24, 2.45) is 0 Å². The van der Waals surface area contributed by atoms with E-state index in [0.717, 1.165) is 48.3 Å². The van der Waals surface area contributed by atoms with E-state index in [2.05, 4.69) is 46.3 Å². The van der Waals surface area contributed by atoms with Crippen LogP contribution in [0.4, 0.5) is 0 Å². The third-order valence-electron chi connectivity index (χ3n) is 8.14. The zero-order valence-corrected chi connectivity index (χ0v) is 27.9. The summed E-state index contributed by atoms with van der Waals surface area (Å²) in [6, 6.07) is 19.9. The maximum absolute atomic E-state index is 13.8. The molecule has 0 spiro atoms. The summed E-state index contributed by atoms with van der Waals surface area (Å²) in [7, 11) is 2.63. The molecule has 9 heteroatoms. The second-order valence-corrected chi connectivity index (χ2v) is 15.4. The standard InChI is InChI=1S/C36H45N5O3S/c1-36(2,3)45(44)41-24-29-22-31(35(43)37-30-16-19-40(25-30)23-27-11-7-6-8-12-27)38-34(33(29)32(41)17-20-42)28-15-9-13-26(21-28)14-10-18-39(4)5/h6-9,11-13,15,21-22,30,32,42H,16-20,23-25H2,1-5H3,(H,37,43)/t30-,32+,45?/m1/s1. The molecule has 2 aliphatic heterocycles. The Hall–Kier alpha value is -3.39. The third kappa shape index (κ3) is 8.07. The fourth-order valence-corrected chi connectivity index (χ4v) is 7.45. The molecule has 0 radical (unpaired) electrons. The van der Waals surface area contributed by atoms with Gasteiger partial charge in [0.15, 0.2) is 0 Å². The Kier molecular flexibility index (Phi) is 10.5. The molecular formula is C36H45N5O3S. The number of aliphatic hydroxyl groups is 1. The van der Waals surface area contributed by atoms with Gasteiger partial charge in [0.1, 0.15) is 16.7 Å². The number of nitrogens with one attached hydrogen (secondary N) is 1. The fraction of sp³-hybridized carbons (Fsp3) is 0.444. The lowest BCUT2D eigenvalue weighted by atomic mass is 9.95. The number of aromatic nitrogens is 1. The minimum absolute atomic E-state index is 0.0297. The van der Waals surface area contributed by atoms with Gasteiger partial charge in [-0.2, -0.15) is 0 Å². The molecular weight excluding hydrogens is 582 g/mol. The average molecular weight is 628 g/mol. The van der Waals surface area contributed by atoms with E-state index < -0.39 is 15.7 Å². The number of hydrogen-bond acceptors (Lipinski definition) is 6. The van der Waals surface area contributed by atoms with Crippen LogP contribution < -0.4 is 5.32 Å². The minimum Gasteiger partial charge on any atom is -0.396 e. The summed E-state index contributed by atoms with van der Waals surface area (Å²) in [5.74, 6) is 6.23. The van der Waals surface area contributed by atoms with Gasteiger partial charge in [0.2, 0.25) is 0 Å². The van der Waals surface area contributed by atoms with E-state index in [1.165, 1.54) is 5.56 Å². The van der Waals surface area contributed by atoms with Gasteiger partial charge in [0.05, 0.1) is 23.0 Å². The van der Waals surface area contributed by atoms with E-state index in [9.17, 15) is 14.1 Å². The number of carbonyl (C=O) groups excluding carboxylic acids is 1. The smallest absolute Gasteiger partial charge is 0.270 e. The summed E-state index contributed by atoms with van der Waals surface area (Å²) in [6.45, 7) is 9.43. The predicted octanol–water partition coefficient (Wildman–Crippen LogP) is 4.37. The number of likely N-dealkylation sites (tertiary alicyclic amines) is 1. The zero-order chi connectivity index (χ0) is 32.1. The van der Waals surface area contributed by atoms with Gasteiger partial charge in [-0.3, -0.25) is 14.6 Å². The highest BCUT2D eigenvalue weighted by molar-refractivity contribution is 7.84. The Labute approximate surface area is 270 Å². The first-order valence-corrected chi connectivity index (χ1v) is 16.8. The second-order valence-electron chi connectivity index (χ2n) is 13.2. The third-order valence-corrected chi connectivity index (χ3v) is 10.0. The number of benzene rings is 2. The summed E-state index contributed by atoms with van der Waals surface area (Å²) in [5.41, 5.74) is 5.83. The first kappa shape index (κ1) is 33.0. The largest absolute Gasteiger partial charge is 0.396 e. The number of amides is 1. The molecule has 2 aliphatic rings. The molecule has 3 atom stereocenters. The predicted molar refractivity (Wildman–Crippen MR) is 181 cm³/mol. The average Bonchev–Trinajstić information content (AvgIpc) is 3.60. The van der Waals surface area contributed by atoms with Gasteiger partial charge in [-0.1, -0.05) is 54.3 Å². The molecule has 3 aromatic rings. The van der Waals surface area contributed by atoms with Crippen LogP contribution >= 0.6 is 0 Å². The topological polar surface area (TPSA) is 89.0 Å². The van der Waals surface area contributed by atoms with Crippen molar-refractivity contribution in [1.29, 1.82) is 0 Å². The van der Waals surface area contributed by atoms with Crippen LogP contribution in [0, 0.1) is 11.8 Å². The van der Waals surface area contributed by atoms with Crippen molar-refractivity contribution in [2.75, 3.05) is 40.3 Å². The van der Waals surface area contributed by atoms with Gasteiger partial charge in [-0.15, -0.1) is 0 Å². The van der Waals surface area contributed by atoms with Gasteiger partial charge in [-0.05, 0) is 77.0 Å². The molecule has 45 heavy (non-hydrogen) atoms. The van der Waals surface area contributed by atoms with Gasteiger partial charge in [0, 0.05) is 55.5 Å². The summed E-state index contributed by atoms with van der Waals surface area (Å²) < 4.78 is 15.2. The Morgan fingerprint density at radius 1 is 1.13 bits per heavy atom. The second kappa shape index (κ2) is 14.4. The van der Waals surface area contributed by atoms with Gasteiger partial charge in [0.25, 0.3) is 5.91 Å². The van der Waals surface area contributed by atoms with Crippen LogP contribution in [-0.2, 0) is 24.1 Å². The van der Waals surface area contributed by atoms with Crippen LogP contribution in [0.1, 0.15) is 72.4 Å². The molecule has 0 bridgehead atoms. The Balaban J connectivity index is 1.47. The Morgan fingerprint density at radius 3 is 2.62 bits per heavy atom. The van der Waals surface area contributed by atoms with Crippen LogP contribution in [0.5, 0.6) is 0 Å². The van der Waals surface area contributed by atoms with Crippen molar-refractivity contribution in [3.8, 4) is 23.1 Å². The van der Waals surface area contributed by atoms with Crippen molar-refractivity contribution in [3.05, 3.63) is 88.6 Å². The SMILES string of the molecule is CN(C)CC#Cc1cccc(-c2nc(C(=O)N[C@@H]3CCN(Cc4ccccc4)C3)cc3c2[C@H](CCO)N(S(=O)C(C)(C)C)C3)c1. The number of fused-ring (bicyclic) bond motifs is 1. The molecule has 1 saturated heterocycles. The van der Waals surface area contributed by atoms with Crippen molar-refractivity contribution in [3.63, 3.8) is 0 Å². The molecule has 238 valence electrons. The number of hydrogen-bond donors (Lipinski definition) is 2. The molecule has 1 aromatic heterocycles. The first-order chi connectivity index (χ1) is 21.5. The molecule has 8 nitrogen and oxygen atoms in total. The first-order valence-electron chi connectivity index (χ1n) is 15.7. The summed E-state index contributed by atoms with van der Waals surface area (Å²) in [4.78, 5) is 23.1. The Bertz CT molecular complexity index is 1590. The van der Waals surface area contributed by atoms with Gasteiger partial charge >= 0.3 is 0 Å². The molecule has 3 heterocycles. The lowest BCUT2D eigenvalue weighted by Crippen LogP contribution is -2.37. The zero-order valence-electron chi connectivity index (χ0n) is 27.0. The van der Waals surface area contributed by atoms with E-state index in [0.29, 0.717) is 30.9 Å². The molecule has 1 amide bonds. The summed E-state index contributed by atoms with van der Waals surface area (Å²) in [5, 5.41) is 13.3. The van der Waals surface area contributed by atoms with Crippen molar-refractivity contribution < 1.29 is 14.1 Å². The van der Waals surface area contributed by atoms with Crippen LogP contribution in [0.3, 0.4) is 0 Å². The molecule has 2 N–H and O–H groups in total. The quantitative estimate of drug-likeness (QED) is 0.343. The molecule has 2 aromatic carbocycles. The fourth-order valence-electron chi connectivity index (χ4n) is 6.04. The molecule has 1 fully saturated rings. The number of nitrogens with zero attached hydrogens (tertiary/aromatic N) is 4. The van der Waals surface area contributed by atoms with Crippen LogP contribution in [0.2, 0.25) is 0 Å². The van der Waals surface area contributed by atoms with E-state index in [1.807, 2.05) is 80.5 Å². The highest BCUT2D eigenvalue weighted by Crippen LogP contribution is 2.44. The van der Waals surface area contributed by atoms with E-state index in [4.69, 9.17) is 4.98 Å². The highest BCUT2D eigenvalue weighted by Gasteiger charge is 2.40. The Morgan fingerprint density at radius 2 is 1.91 bits per heavy atom. The van der Waals surface area contributed by atoms with Gasteiger partial charge in [-0.25, -0.2) is 13.5 Å². The van der Waals surface area contributed by atoms with Crippen molar-refractivity contribution in [1.82, 2.24) is 24.4 Å². The number of rotatable bonds is 9. The number of carbonyl (C=O) groups is 1. The van der Waals surface area contributed by atoms with E-state index >= 15 is 0 Å². The highest BCUT2D eigenvalue weighted by atomic mass is 32.2. The molecule has 5 rings (SSSR count). The van der Waals surface area contributed by atoms with Crippen LogP contribution in [0.15, 0.2) is 60.7 Å². The van der Waals surface area contributed by atoms with E-state index in [1.54, 1.807) is 0 Å². The summed E-state index contributed by atoms with van der Waals surface area (Å²) >= 11 is 0. The van der Waals surface area contributed by atoms with Crippen molar-refractivity contribution in [2.45, 2.75) is 63.5 Å². The van der Waals surface area contributed by atoms with Gasteiger partial charge < -0.3 is 10.4 Å². The minimum atomic E-state index is -1.33. The molecule has 0 aliphatic carbocycles. The monoisotopic (exact) mass is 627 g/mol. The molecule has 0 saturated carbocycles. The molecule has 1 unspecified atom stereocenters. The number of pyridine rings is 1. The lowest BCUT2D eigenvalue weighted by Gasteiger charge is -2.30. The maximum atomic E-state index is 13.8. The summed E-state index contributed by atoms with van der Waals surface area (Å²) in [6.07, 6.45) is 1.29. The van der Waals surface area contributed by atoms with E-state index in [-0.39, 0.29) is 24.6 Å².